The Morgan fingerprint density at radius 2 is 0.860 bits per heavy atom. The van der Waals surface area contributed by atoms with Crippen LogP contribution in [-0.4, -0.2) is 0 Å². The van der Waals surface area contributed by atoms with E-state index >= 15 is 0 Å². The predicted octanol–water partition coefficient (Wildman–Crippen LogP) is 16.4. The van der Waals surface area contributed by atoms with Gasteiger partial charge in [-0.05, 0) is 137 Å². The van der Waals surface area contributed by atoms with Crippen LogP contribution in [0.2, 0.25) is 0 Å². The highest BCUT2D eigenvalue weighted by Gasteiger charge is 2.16. The number of allylic oxidation sites excluding steroid dienone is 4. The second-order valence-corrected chi connectivity index (χ2v) is 16.0. The molecular weight excluding hydrogens is 729 g/mol. The molecular formula is C53H40N2S2. The number of hydrogen-bond donors (Lipinski definition) is 0. The molecule has 0 aliphatic heterocycles. The molecule has 0 fully saturated rings. The summed E-state index contributed by atoms with van der Waals surface area (Å²) in [4.78, 5) is 7.13. The summed E-state index contributed by atoms with van der Waals surface area (Å²) < 4.78 is 2.62. The summed E-state index contributed by atoms with van der Waals surface area (Å²) in [5.74, 6) is 0. The first kappa shape index (κ1) is 35.9. The van der Waals surface area contributed by atoms with Crippen molar-refractivity contribution in [3.05, 3.63) is 225 Å². The Bertz CT molecular complexity index is 2780. The van der Waals surface area contributed by atoms with Crippen LogP contribution in [0.15, 0.2) is 225 Å². The van der Waals surface area contributed by atoms with Gasteiger partial charge >= 0.3 is 0 Å². The number of hydrogen-bond acceptors (Lipinski definition) is 4. The highest BCUT2D eigenvalue weighted by atomic mass is 32.1. The van der Waals surface area contributed by atoms with E-state index < -0.39 is 0 Å². The lowest BCUT2D eigenvalue weighted by Gasteiger charge is -2.27. The lowest BCUT2D eigenvalue weighted by Crippen LogP contribution is -2.14. The van der Waals surface area contributed by atoms with E-state index in [-0.39, 0.29) is 0 Å². The molecule has 0 radical (unpaired) electrons. The minimum absolute atomic E-state index is 0.998. The Hall–Kier alpha value is -6.72. The van der Waals surface area contributed by atoms with Crippen molar-refractivity contribution < 1.29 is 0 Å². The summed E-state index contributed by atoms with van der Waals surface area (Å²) in [6.45, 7) is 6.22. The van der Waals surface area contributed by atoms with E-state index in [2.05, 4.69) is 217 Å². The minimum Gasteiger partial charge on any atom is -0.311 e. The van der Waals surface area contributed by atoms with Gasteiger partial charge in [0.1, 0.15) is 0 Å². The van der Waals surface area contributed by atoms with E-state index in [0.717, 1.165) is 45.3 Å². The zero-order chi connectivity index (χ0) is 38.6. The van der Waals surface area contributed by atoms with E-state index in [1.54, 1.807) is 0 Å². The highest BCUT2D eigenvalue weighted by Crippen LogP contribution is 2.40. The molecule has 2 heterocycles. The van der Waals surface area contributed by atoms with Gasteiger partial charge in [-0.1, -0.05) is 122 Å². The molecule has 0 unspecified atom stereocenters. The van der Waals surface area contributed by atoms with Crippen molar-refractivity contribution in [2.45, 2.75) is 6.92 Å². The number of para-hydroxylation sites is 1. The molecule has 0 saturated heterocycles. The summed E-state index contributed by atoms with van der Waals surface area (Å²) in [5.41, 5.74) is 11.2. The van der Waals surface area contributed by atoms with Crippen LogP contribution in [0, 0.1) is 0 Å². The van der Waals surface area contributed by atoms with Crippen LogP contribution < -0.4 is 9.80 Å². The van der Waals surface area contributed by atoms with Gasteiger partial charge in [-0.2, -0.15) is 0 Å². The molecule has 2 aromatic heterocycles. The van der Waals surface area contributed by atoms with Gasteiger partial charge in [-0.3, -0.25) is 0 Å². The number of fused-ring (bicyclic) bond motifs is 2. The molecule has 4 heteroatoms. The highest BCUT2D eigenvalue weighted by molar-refractivity contribution is 7.22. The van der Waals surface area contributed by atoms with Gasteiger partial charge in [-0.25, -0.2) is 0 Å². The molecule has 0 atom stereocenters. The third kappa shape index (κ3) is 7.49. The topological polar surface area (TPSA) is 6.48 Å². The Balaban J connectivity index is 0.992. The van der Waals surface area contributed by atoms with E-state index in [9.17, 15) is 0 Å². The fourth-order valence-electron chi connectivity index (χ4n) is 7.30. The van der Waals surface area contributed by atoms with Crippen molar-refractivity contribution in [2.75, 3.05) is 9.80 Å². The van der Waals surface area contributed by atoms with Crippen molar-refractivity contribution in [3.8, 4) is 32.0 Å². The fraction of sp³-hybridized carbons (Fsp3) is 0.0189. The van der Waals surface area contributed by atoms with Crippen LogP contribution in [-0.2, 0) is 0 Å². The van der Waals surface area contributed by atoms with E-state index in [4.69, 9.17) is 0 Å². The first-order valence-electron chi connectivity index (χ1n) is 19.1. The second kappa shape index (κ2) is 16.2. The summed E-state index contributed by atoms with van der Waals surface area (Å²) in [7, 11) is 0. The number of anilines is 5. The standard InChI is InChI=1S/C53H40N2S2/c1-3-5-15-44(4-2)54(47-32-24-40(25-33-47)52-36-42-13-9-11-18-50(42)56-52)46-28-20-38(21-29-46)39-22-30-48(31-23-39)55(45-16-7-6-8-17-45)49-34-26-41(27-35-49)53-37-43-14-10-12-19-51(43)57-53/h3-37H,2H2,1H3/b5-3-,44-15+. The number of rotatable bonds is 11. The van der Waals surface area contributed by atoms with Crippen molar-refractivity contribution in [3.63, 3.8) is 0 Å². The quantitative estimate of drug-likeness (QED) is 0.121. The van der Waals surface area contributed by atoms with Crippen LogP contribution in [0.5, 0.6) is 0 Å². The maximum Gasteiger partial charge on any atom is 0.0462 e. The van der Waals surface area contributed by atoms with Gasteiger partial charge in [0.2, 0.25) is 0 Å². The van der Waals surface area contributed by atoms with Gasteiger partial charge in [0, 0.05) is 53.3 Å². The molecule has 0 amide bonds. The van der Waals surface area contributed by atoms with Crippen molar-refractivity contribution in [2.24, 2.45) is 0 Å². The zero-order valence-corrected chi connectivity index (χ0v) is 33.3. The van der Waals surface area contributed by atoms with Gasteiger partial charge < -0.3 is 9.80 Å². The minimum atomic E-state index is 0.998. The SMILES string of the molecule is C=C/C(=C\C=C/C)N(c1ccc(-c2ccc(N(c3ccccc3)c3ccc(-c4cc5ccccc5s4)cc3)cc2)cc1)c1ccc(-c2cc3ccccc3s2)cc1. The maximum absolute atomic E-state index is 4.19. The predicted molar refractivity (Wildman–Crippen MR) is 250 cm³/mol. The molecule has 0 spiro atoms. The van der Waals surface area contributed by atoms with Crippen LogP contribution in [0.4, 0.5) is 28.4 Å². The molecule has 9 aromatic rings. The third-order valence-electron chi connectivity index (χ3n) is 10.2. The van der Waals surface area contributed by atoms with Gasteiger partial charge in [0.05, 0.1) is 0 Å². The zero-order valence-electron chi connectivity index (χ0n) is 31.6. The molecule has 0 N–H and O–H groups in total. The van der Waals surface area contributed by atoms with Crippen LogP contribution in [0.3, 0.4) is 0 Å². The fourth-order valence-corrected chi connectivity index (χ4v) is 9.44. The molecule has 9 rings (SSSR count). The molecule has 7 aromatic carbocycles. The summed E-state index contributed by atoms with van der Waals surface area (Å²) in [6, 6.07) is 67.8. The molecule has 2 nitrogen and oxygen atoms in total. The summed E-state index contributed by atoms with van der Waals surface area (Å²) >= 11 is 3.67. The van der Waals surface area contributed by atoms with Gasteiger partial charge in [0.15, 0.2) is 0 Å². The average molecular weight is 769 g/mol. The lowest BCUT2D eigenvalue weighted by atomic mass is 10.0. The molecule has 0 aliphatic rings. The van der Waals surface area contributed by atoms with E-state index in [0.29, 0.717) is 0 Å². The molecule has 0 bridgehead atoms. The number of benzene rings is 7. The first-order chi connectivity index (χ1) is 28.1. The molecule has 57 heavy (non-hydrogen) atoms. The smallest absolute Gasteiger partial charge is 0.0462 e. The summed E-state index contributed by atoms with van der Waals surface area (Å²) in [5, 5.41) is 2.57. The molecule has 274 valence electrons. The largest absolute Gasteiger partial charge is 0.311 e. The Kier molecular flexibility index (Phi) is 10.2. The van der Waals surface area contributed by atoms with Crippen LogP contribution >= 0.6 is 22.7 Å². The van der Waals surface area contributed by atoms with Crippen molar-refractivity contribution in [1.82, 2.24) is 0 Å². The van der Waals surface area contributed by atoms with Crippen LogP contribution in [0.1, 0.15) is 6.92 Å². The van der Waals surface area contributed by atoms with Gasteiger partial charge in [0.25, 0.3) is 0 Å². The Morgan fingerprint density at radius 1 is 0.456 bits per heavy atom. The van der Waals surface area contributed by atoms with Crippen LogP contribution in [0.25, 0.3) is 52.2 Å². The molecule has 0 saturated carbocycles. The van der Waals surface area contributed by atoms with Crippen molar-refractivity contribution >= 4 is 71.3 Å². The molecule has 0 aliphatic carbocycles. The Morgan fingerprint density at radius 3 is 1.30 bits per heavy atom. The number of thiophene rings is 2. The maximum atomic E-state index is 4.19. The third-order valence-corrected chi connectivity index (χ3v) is 12.5. The summed E-state index contributed by atoms with van der Waals surface area (Å²) in [6.07, 6.45) is 8.13. The second-order valence-electron chi connectivity index (χ2n) is 13.8. The van der Waals surface area contributed by atoms with Gasteiger partial charge in [-0.15, -0.1) is 22.7 Å². The van der Waals surface area contributed by atoms with Crippen molar-refractivity contribution in [1.29, 1.82) is 0 Å². The van der Waals surface area contributed by atoms with E-state index in [1.807, 2.05) is 41.7 Å². The van der Waals surface area contributed by atoms with E-state index in [1.165, 1.54) is 41.1 Å². The number of nitrogens with zero attached hydrogens (tertiary/aromatic N) is 2. The normalized spacial score (nSPS) is 11.7. The Labute approximate surface area is 342 Å². The lowest BCUT2D eigenvalue weighted by molar-refractivity contribution is 1.21. The monoisotopic (exact) mass is 768 g/mol. The average Bonchev–Trinajstić information content (AvgIpc) is 3.92. The first-order valence-corrected chi connectivity index (χ1v) is 20.8.